The normalized spacial score (nSPS) is 10.8. The van der Waals surface area contributed by atoms with Gasteiger partial charge in [0.25, 0.3) is 0 Å². The predicted molar refractivity (Wildman–Crippen MR) is 71.4 cm³/mol. The number of hydrogen-bond acceptors (Lipinski definition) is 4. The summed E-state index contributed by atoms with van der Waals surface area (Å²) in [4.78, 5) is 11.4. The molecule has 0 saturated heterocycles. The van der Waals surface area contributed by atoms with E-state index in [9.17, 15) is 4.79 Å². The molecule has 2 heterocycles. The Morgan fingerprint density at radius 2 is 2.21 bits per heavy atom. The molecule has 0 saturated carbocycles. The Balaban J connectivity index is 2.29. The van der Waals surface area contributed by atoms with Gasteiger partial charge in [-0.3, -0.25) is 0 Å². The standard InChI is InChI=1S/C11H9ClN6O/c1-13-11(19)14-8-4-6-2-3-7(12)5-9(6)18-10(8)15-16-17-18/h2-5H,1H3,(H2,13,14,19). The van der Waals surface area contributed by atoms with Crippen LogP contribution >= 0.6 is 11.6 Å². The molecule has 8 heteroatoms. The number of rotatable bonds is 1. The first-order valence-electron chi connectivity index (χ1n) is 5.48. The van der Waals surface area contributed by atoms with Crippen molar-refractivity contribution in [3.8, 4) is 0 Å². The number of carbonyl (C=O) groups is 1. The van der Waals surface area contributed by atoms with Crippen molar-refractivity contribution in [1.29, 1.82) is 0 Å². The molecule has 0 atom stereocenters. The maximum Gasteiger partial charge on any atom is 0.319 e. The van der Waals surface area contributed by atoms with E-state index in [0.717, 1.165) is 10.9 Å². The summed E-state index contributed by atoms with van der Waals surface area (Å²) in [7, 11) is 1.54. The molecular formula is C11H9ClN6O. The fourth-order valence-electron chi connectivity index (χ4n) is 1.84. The van der Waals surface area contributed by atoms with Gasteiger partial charge in [-0.1, -0.05) is 17.7 Å². The predicted octanol–water partition coefficient (Wildman–Crippen LogP) is 1.68. The molecule has 0 spiro atoms. The lowest BCUT2D eigenvalue weighted by atomic mass is 10.2. The quantitative estimate of drug-likeness (QED) is 0.708. The average molecular weight is 277 g/mol. The van der Waals surface area contributed by atoms with Crippen LogP contribution in [0.15, 0.2) is 24.3 Å². The molecule has 0 bridgehead atoms. The number of amides is 2. The summed E-state index contributed by atoms with van der Waals surface area (Å²) in [6.45, 7) is 0. The number of tetrazole rings is 1. The van der Waals surface area contributed by atoms with Gasteiger partial charge in [0.05, 0.1) is 11.2 Å². The van der Waals surface area contributed by atoms with Crippen LogP contribution in [0, 0.1) is 0 Å². The van der Waals surface area contributed by atoms with Crippen LogP contribution in [-0.2, 0) is 0 Å². The van der Waals surface area contributed by atoms with Crippen LogP contribution in [-0.4, -0.2) is 33.1 Å². The summed E-state index contributed by atoms with van der Waals surface area (Å²) < 4.78 is 1.53. The highest BCUT2D eigenvalue weighted by molar-refractivity contribution is 6.31. The number of carbonyl (C=O) groups excluding carboxylic acids is 1. The Morgan fingerprint density at radius 1 is 1.37 bits per heavy atom. The molecule has 7 nitrogen and oxygen atoms in total. The van der Waals surface area contributed by atoms with Crippen molar-refractivity contribution in [2.75, 3.05) is 12.4 Å². The largest absolute Gasteiger partial charge is 0.341 e. The molecule has 19 heavy (non-hydrogen) atoms. The van der Waals surface area contributed by atoms with E-state index in [1.807, 2.05) is 6.07 Å². The van der Waals surface area contributed by atoms with Crippen LogP contribution in [0.2, 0.25) is 5.02 Å². The van der Waals surface area contributed by atoms with Gasteiger partial charge in [-0.2, -0.15) is 4.52 Å². The maximum atomic E-state index is 11.4. The summed E-state index contributed by atoms with van der Waals surface area (Å²) in [5.41, 5.74) is 1.76. The van der Waals surface area contributed by atoms with Crippen molar-refractivity contribution in [2.24, 2.45) is 0 Å². The molecule has 2 N–H and O–H groups in total. The first-order chi connectivity index (χ1) is 9.19. The number of urea groups is 1. The number of nitrogens with one attached hydrogen (secondary N) is 2. The van der Waals surface area contributed by atoms with Gasteiger partial charge in [0.2, 0.25) is 5.65 Å². The molecular weight excluding hydrogens is 268 g/mol. The second kappa shape index (κ2) is 4.36. The highest BCUT2D eigenvalue weighted by atomic mass is 35.5. The number of aromatic nitrogens is 4. The molecule has 96 valence electrons. The van der Waals surface area contributed by atoms with Gasteiger partial charge >= 0.3 is 6.03 Å². The molecule has 1 aromatic carbocycles. The summed E-state index contributed by atoms with van der Waals surface area (Å²) in [5, 5.41) is 18.1. The Kier molecular flexibility index (Phi) is 2.68. The van der Waals surface area contributed by atoms with Crippen molar-refractivity contribution >= 4 is 39.9 Å². The number of pyridine rings is 1. The number of benzene rings is 1. The third-order valence-electron chi connectivity index (χ3n) is 2.71. The molecule has 0 aliphatic carbocycles. The van der Waals surface area contributed by atoms with Crippen molar-refractivity contribution in [3.05, 3.63) is 29.3 Å². The van der Waals surface area contributed by atoms with E-state index < -0.39 is 0 Å². The lowest BCUT2D eigenvalue weighted by Gasteiger charge is -2.07. The second-order valence-electron chi connectivity index (χ2n) is 3.88. The molecule has 0 radical (unpaired) electrons. The smallest absolute Gasteiger partial charge is 0.319 e. The summed E-state index contributed by atoms with van der Waals surface area (Å²) in [6.07, 6.45) is 0. The van der Waals surface area contributed by atoms with Crippen LogP contribution in [0.3, 0.4) is 0 Å². The highest BCUT2D eigenvalue weighted by Crippen LogP contribution is 2.25. The van der Waals surface area contributed by atoms with E-state index in [-0.39, 0.29) is 6.03 Å². The van der Waals surface area contributed by atoms with Crippen molar-refractivity contribution in [3.63, 3.8) is 0 Å². The van der Waals surface area contributed by atoms with Crippen LogP contribution < -0.4 is 10.6 Å². The Morgan fingerprint density at radius 3 is 3.00 bits per heavy atom. The Labute approximate surface area is 112 Å². The summed E-state index contributed by atoms with van der Waals surface area (Å²) >= 11 is 5.97. The number of fused-ring (bicyclic) bond motifs is 3. The number of nitrogens with zero attached hydrogens (tertiary/aromatic N) is 4. The molecule has 3 aromatic rings. The van der Waals surface area contributed by atoms with Crippen molar-refractivity contribution in [2.45, 2.75) is 0 Å². The summed E-state index contributed by atoms with van der Waals surface area (Å²) in [5.74, 6) is 0. The molecule has 0 fully saturated rings. The fraction of sp³-hybridized carbons (Fsp3) is 0.0909. The SMILES string of the molecule is CNC(=O)Nc1cc2ccc(Cl)cc2n2nnnc12. The zero-order chi connectivity index (χ0) is 13.4. The van der Waals surface area contributed by atoms with Crippen LogP contribution in [0.25, 0.3) is 16.6 Å². The van der Waals surface area contributed by atoms with E-state index in [4.69, 9.17) is 11.6 Å². The fourth-order valence-corrected chi connectivity index (χ4v) is 2.00. The van der Waals surface area contributed by atoms with Gasteiger partial charge in [-0.05, 0) is 28.6 Å². The molecule has 2 amide bonds. The lowest BCUT2D eigenvalue weighted by molar-refractivity contribution is 0.254. The highest BCUT2D eigenvalue weighted by Gasteiger charge is 2.11. The molecule has 2 aromatic heterocycles. The van der Waals surface area contributed by atoms with Gasteiger partial charge in [-0.25, -0.2) is 4.79 Å². The molecule has 0 aliphatic heterocycles. The van der Waals surface area contributed by atoms with Gasteiger partial charge in [0.15, 0.2) is 0 Å². The van der Waals surface area contributed by atoms with Gasteiger partial charge in [0.1, 0.15) is 0 Å². The van der Waals surface area contributed by atoms with Gasteiger partial charge in [-0.15, -0.1) is 5.10 Å². The van der Waals surface area contributed by atoms with Crippen molar-refractivity contribution in [1.82, 2.24) is 25.4 Å². The topological polar surface area (TPSA) is 84.2 Å². The minimum absolute atomic E-state index is 0.335. The second-order valence-corrected chi connectivity index (χ2v) is 4.32. The first-order valence-corrected chi connectivity index (χ1v) is 5.86. The van der Waals surface area contributed by atoms with Crippen LogP contribution in [0.1, 0.15) is 0 Å². The lowest BCUT2D eigenvalue weighted by Crippen LogP contribution is -2.24. The molecule has 0 unspecified atom stereocenters. The van der Waals surface area contributed by atoms with Gasteiger partial charge < -0.3 is 10.6 Å². The zero-order valence-electron chi connectivity index (χ0n) is 9.88. The monoisotopic (exact) mass is 276 g/mol. The number of hydrogen-bond donors (Lipinski definition) is 2. The Bertz CT molecular complexity index is 783. The first kappa shape index (κ1) is 11.7. The third-order valence-corrected chi connectivity index (χ3v) is 2.94. The van der Waals surface area contributed by atoms with E-state index >= 15 is 0 Å². The molecule has 3 rings (SSSR count). The van der Waals surface area contributed by atoms with E-state index in [0.29, 0.717) is 16.4 Å². The van der Waals surface area contributed by atoms with E-state index in [1.54, 1.807) is 18.2 Å². The average Bonchev–Trinajstić information content (AvgIpc) is 2.89. The van der Waals surface area contributed by atoms with Crippen molar-refractivity contribution < 1.29 is 4.79 Å². The maximum absolute atomic E-state index is 11.4. The third kappa shape index (κ3) is 1.93. The number of halogens is 1. The molecule has 0 aliphatic rings. The number of anilines is 1. The van der Waals surface area contributed by atoms with E-state index in [1.165, 1.54) is 11.6 Å². The zero-order valence-corrected chi connectivity index (χ0v) is 10.6. The minimum Gasteiger partial charge on any atom is -0.341 e. The van der Waals surface area contributed by atoms with E-state index in [2.05, 4.69) is 26.2 Å². The Hall–Kier alpha value is -2.41. The summed E-state index contributed by atoms with van der Waals surface area (Å²) in [6, 6.07) is 6.84. The van der Waals surface area contributed by atoms with Crippen LogP contribution in [0.5, 0.6) is 0 Å². The van der Waals surface area contributed by atoms with Crippen LogP contribution in [0.4, 0.5) is 10.5 Å². The minimum atomic E-state index is -0.335. The van der Waals surface area contributed by atoms with Gasteiger partial charge in [0, 0.05) is 17.5 Å².